The minimum absolute atomic E-state index is 0.0934. The zero-order valence-electron chi connectivity index (χ0n) is 15.5. The Kier molecular flexibility index (Phi) is 4.25. The Labute approximate surface area is 166 Å². The van der Waals surface area contributed by atoms with Gasteiger partial charge in [-0.1, -0.05) is 30.3 Å². The summed E-state index contributed by atoms with van der Waals surface area (Å²) in [6.45, 7) is 0.572. The highest BCUT2D eigenvalue weighted by molar-refractivity contribution is 5.94. The predicted molar refractivity (Wildman–Crippen MR) is 111 cm³/mol. The molecular formula is C22H18N6O. The molecule has 142 valence electrons. The lowest BCUT2D eigenvalue weighted by atomic mass is 10.1. The number of rotatable bonds is 5. The summed E-state index contributed by atoms with van der Waals surface area (Å²) in [6.07, 6.45) is 6.32. The molecule has 0 aliphatic rings. The molecule has 2 aromatic carbocycles. The summed E-state index contributed by atoms with van der Waals surface area (Å²) in [4.78, 5) is 19.9. The summed E-state index contributed by atoms with van der Waals surface area (Å²) in [5.74, 6) is 1.14. The standard InChI is InChI=1S/C22H18N6O/c29-21(23-12-10-17-14-25-19-5-2-1-4-18(17)19)16-8-6-15(7-9-16)20-26-27-22-24-11-3-13-28(20)22/h1-9,11,13-14,25H,10,12H2,(H,23,29). The number of carbonyl (C=O) groups excluding carboxylic acids is 1. The number of benzene rings is 2. The first-order valence-corrected chi connectivity index (χ1v) is 9.39. The summed E-state index contributed by atoms with van der Waals surface area (Å²) in [6, 6.07) is 17.3. The van der Waals surface area contributed by atoms with Crippen molar-refractivity contribution in [3.8, 4) is 11.4 Å². The van der Waals surface area contributed by atoms with E-state index >= 15 is 0 Å². The van der Waals surface area contributed by atoms with Gasteiger partial charge in [0, 0.05) is 47.2 Å². The van der Waals surface area contributed by atoms with Gasteiger partial charge >= 0.3 is 0 Å². The number of aromatic nitrogens is 5. The summed E-state index contributed by atoms with van der Waals surface area (Å²) < 4.78 is 1.82. The van der Waals surface area contributed by atoms with Gasteiger partial charge in [0.05, 0.1) is 0 Å². The van der Waals surface area contributed by atoms with Crippen LogP contribution in [0.5, 0.6) is 0 Å². The number of nitrogens with one attached hydrogen (secondary N) is 2. The first-order chi connectivity index (χ1) is 14.3. The molecule has 1 amide bonds. The Morgan fingerprint density at radius 1 is 1.03 bits per heavy atom. The summed E-state index contributed by atoms with van der Waals surface area (Å²) in [5.41, 5.74) is 3.80. The molecule has 29 heavy (non-hydrogen) atoms. The molecule has 2 N–H and O–H groups in total. The number of amides is 1. The first kappa shape index (κ1) is 17.1. The second-order valence-corrected chi connectivity index (χ2v) is 6.76. The molecule has 0 atom stereocenters. The van der Waals surface area contributed by atoms with E-state index in [0.717, 1.165) is 17.5 Å². The second kappa shape index (κ2) is 7.20. The van der Waals surface area contributed by atoms with Crippen LogP contribution in [0.15, 0.2) is 73.2 Å². The number of aromatic amines is 1. The van der Waals surface area contributed by atoms with Crippen molar-refractivity contribution in [1.29, 1.82) is 0 Å². The van der Waals surface area contributed by atoms with Crippen molar-refractivity contribution < 1.29 is 4.79 Å². The van der Waals surface area contributed by atoms with E-state index in [1.165, 1.54) is 10.9 Å². The van der Waals surface area contributed by atoms with Gasteiger partial charge in [0.2, 0.25) is 0 Å². The van der Waals surface area contributed by atoms with Crippen LogP contribution < -0.4 is 5.32 Å². The highest BCUT2D eigenvalue weighted by Crippen LogP contribution is 2.19. The van der Waals surface area contributed by atoms with Crippen LogP contribution in [0.4, 0.5) is 0 Å². The molecule has 0 spiro atoms. The Morgan fingerprint density at radius 3 is 2.79 bits per heavy atom. The van der Waals surface area contributed by atoms with Crippen LogP contribution in [-0.4, -0.2) is 37.0 Å². The van der Waals surface area contributed by atoms with E-state index < -0.39 is 0 Å². The molecule has 3 aromatic heterocycles. The molecule has 0 bridgehead atoms. The highest BCUT2D eigenvalue weighted by Gasteiger charge is 2.10. The molecule has 0 fully saturated rings. The van der Waals surface area contributed by atoms with Crippen molar-refractivity contribution in [3.05, 3.63) is 84.3 Å². The number of hydrogen-bond donors (Lipinski definition) is 2. The van der Waals surface area contributed by atoms with Gasteiger partial charge in [-0.05, 0) is 36.2 Å². The number of para-hydroxylation sites is 1. The number of nitrogens with zero attached hydrogens (tertiary/aromatic N) is 4. The highest BCUT2D eigenvalue weighted by atomic mass is 16.1. The van der Waals surface area contributed by atoms with Crippen LogP contribution in [-0.2, 0) is 6.42 Å². The Balaban J connectivity index is 1.26. The van der Waals surface area contributed by atoms with Crippen LogP contribution >= 0.6 is 0 Å². The van der Waals surface area contributed by atoms with Gasteiger partial charge in [0.15, 0.2) is 5.82 Å². The van der Waals surface area contributed by atoms with Gasteiger partial charge in [-0.25, -0.2) is 4.98 Å². The third kappa shape index (κ3) is 3.23. The van der Waals surface area contributed by atoms with Crippen molar-refractivity contribution in [3.63, 3.8) is 0 Å². The van der Waals surface area contributed by atoms with Crippen molar-refractivity contribution in [2.45, 2.75) is 6.42 Å². The summed E-state index contributed by atoms with van der Waals surface area (Å²) in [5, 5.41) is 12.4. The molecule has 7 nitrogen and oxygen atoms in total. The number of H-pyrrole nitrogens is 1. The van der Waals surface area contributed by atoms with Crippen LogP contribution in [0.2, 0.25) is 0 Å². The molecule has 5 rings (SSSR count). The van der Waals surface area contributed by atoms with Crippen LogP contribution in [0.3, 0.4) is 0 Å². The molecule has 0 unspecified atom stereocenters. The average molecular weight is 382 g/mol. The average Bonchev–Trinajstić information content (AvgIpc) is 3.38. The predicted octanol–water partition coefficient (Wildman–Crippen LogP) is 3.25. The van der Waals surface area contributed by atoms with E-state index in [1.54, 1.807) is 18.3 Å². The van der Waals surface area contributed by atoms with Crippen molar-refractivity contribution >= 4 is 22.6 Å². The lowest BCUT2D eigenvalue weighted by Crippen LogP contribution is -2.25. The van der Waals surface area contributed by atoms with Gasteiger partial charge in [-0.15, -0.1) is 10.2 Å². The maximum absolute atomic E-state index is 12.5. The van der Waals surface area contributed by atoms with Gasteiger partial charge in [0.1, 0.15) is 0 Å². The first-order valence-electron chi connectivity index (χ1n) is 9.39. The van der Waals surface area contributed by atoms with Crippen molar-refractivity contribution in [1.82, 2.24) is 29.9 Å². The number of fused-ring (bicyclic) bond motifs is 2. The minimum atomic E-state index is -0.0934. The van der Waals surface area contributed by atoms with Crippen molar-refractivity contribution in [2.24, 2.45) is 0 Å². The second-order valence-electron chi connectivity index (χ2n) is 6.76. The molecule has 3 heterocycles. The molecule has 7 heteroatoms. The molecular weight excluding hydrogens is 364 g/mol. The fourth-order valence-electron chi connectivity index (χ4n) is 3.46. The van der Waals surface area contributed by atoms with Crippen molar-refractivity contribution in [2.75, 3.05) is 6.54 Å². The number of carbonyl (C=O) groups is 1. The molecule has 0 saturated carbocycles. The molecule has 0 aliphatic heterocycles. The van der Waals surface area contributed by atoms with Gasteiger partial charge in [0.25, 0.3) is 11.7 Å². The normalized spacial score (nSPS) is 11.2. The Morgan fingerprint density at radius 2 is 1.90 bits per heavy atom. The third-order valence-corrected chi connectivity index (χ3v) is 4.95. The lowest BCUT2D eigenvalue weighted by Gasteiger charge is -2.06. The SMILES string of the molecule is O=C(NCCc1c[nH]c2ccccc12)c1ccc(-c2nnc3ncccn23)cc1. The molecule has 0 radical (unpaired) electrons. The zero-order valence-corrected chi connectivity index (χ0v) is 15.5. The third-order valence-electron chi connectivity index (χ3n) is 4.95. The number of hydrogen-bond acceptors (Lipinski definition) is 4. The van der Waals surface area contributed by atoms with E-state index in [2.05, 4.69) is 31.5 Å². The monoisotopic (exact) mass is 382 g/mol. The fourth-order valence-corrected chi connectivity index (χ4v) is 3.46. The van der Waals surface area contributed by atoms with Crippen LogP contribution in [0.25, 0.3) is 28.1 Å². The van der Waals surface area contributed by atoms with E-state index in [9.17, 15) is 4.79 Å². The smallest absolute Gasteiger partial charge is 0.255 e. The van der Waals surface area contributed by atoms with Crippen LogP contribution in [0.1, 0.15) is 15.9 Å². The maximum atomic E-state index is 12.5. The molecule has 0 saturated heterocycles. The zero-order chi connectivity index (χ0) is 19.6. The Bertz CT molecular complexity index is 1300. The van der Waals surface area contributed by atoms with Gasteiger partial charge in [-0.3, -0.25) is 9.20 Å². The fraction of sp³-hybridized carbons (Fsp3) is 0.0909. The topological polar surface area (TPSA) is 88.0 Å². The van der Waals surface area contributed by atoms with E-state index in [0.29, 0.717) is 23.7 Å². The minimum Gasteiger partial charge on any atom is -0.361 e. The maximum Gasteiger partial charge on any atom is 0.255 e. The quantitative estimate of drug-likeness (QED) is 0.488. The summed E-state index contributed by atoms with van der Waals surface area (Å²) in [7, 11) is 0. The lowest BCUT2D eigenvalue weighted by molar-refractivity contribution is 0.0954. The largest absolute Gasteiger partial charge is 0.361 e. The van der Waals surface area contributed by atoms with E-state index in [4.69, 9.17) is 0 Å². The summed E-state index contributed by atoms with van der Waals surface area (Å²) >= 11 is 0. The van der Waals surface area contributed by atoms with E-state index in [1.807, 2.05) is 53.2 Å². The van der Waals surface area contributed by atoms with E-state index in [-0.39, 0.29) is 5.91 Å². The van der Waals surface area contributed by atoms with Gasteiger partial charge < -0.3 is 10.3 Å². The molecule has 5 aromatic rings. The Hall–Kier alpha value is -4.00. The molecule has 0 aliphatic carbocycles. The van der Waals surface area contributed by atoms with Crippen LogP contribution in [0, 0.1) is 0 Å². The van der Waals surface area contributed by atoms with Gasteiger partial charge in [-0.2, -0.15) is 0 Å².